The average molecular weight is 262 g/mol. The van der Waals surface area contributed by atoms with Gasteiger partial charge in [0.25, 0.3) is 5.91 Å². The Kier molecular flexibility index (Phi) is 3.47. The summed E-state index contributed by atoms with van der Waals surface area (Å²) >= 11 is 1.52. The van der Waals surface area contributed by atoms with Crippen LogP contribution < -0.4 is 16.8 Å². The van der Waals surface area contributed by atoms with Gasteiger partial charge in [-0.2, -0.15) is 0 Å². The fourth-order valence-electron chi connectivity index (χ4n) is 1.57. The fourth-order valence-corrected chi connectivity index (χ4v) is 2.28. The van der Waals surface area contributed by atoms with E-state index in [9.17, 15) is 4.79 Å². The highest BCUT2D eigenvalue weighted by Gasteiger charge is 2.08. The Bertz CT molecular complexity index is 559. The molecule has 0 radical (unpaired) electrons. The lowest BCUT2D eigenvalue weighted by Gasteiger charge is -2.06. The molecule has 2 aromatic rings. The lowest BCUT2D eigenvalue weighted by atomic mass is 10.1. The summed E-state index contributed by atoms with van der Waals surface area (Å²) in [4.78, 5) is 17.1. The lowest BCUT2D eigenvalue weighted by Crippen LogP contribution is -2.23. The van der Waals surface area contributed by atoms with Gasteiger partial charge in [-0.15, -0.1) is 11.3 Å². The maximum atomic E-state index is 11.9. The zero-order chi connectivity index (χ0) is 13.1. The number of hydrogen-bond donors (Lipinski definition) is 3. The molecule has 5 nitrogen and oxygen atoms in total. The number of benzene rings is 1. The van der Waals surface area contributed by atoms with Crippen LogP contribution >= 0.6 is 11.3 Å². The van der Waals surface area contributed by atoms with Crippen molar-refractivity contribution in [2.75, 3.05) is 11.5 Å². The molecule has 0 aliphatic rings. The van der Waals surface area contributed by atoms with Gasteiger partial charge >= 0.3 is 0 Å². The zero-order valence-electron chi connectivity index (χ0n) is 9.93. The van der Waals surface area contributed by atoms with Crippen LogP contribution in [0.2, 0.25) is 0 Å². The second-order valence-electron chi connectivity index (χ2n) is 3.93. The number of nitrogens with two attached hydrogens (primary N) is 2. The van der Waals surface area contributed by atoms with Crippen molar-refractivity contribution in [3.05, 3.63) is 39.8 Å². The van der Waals surface area contributed by atoms with Crippen molar-refractivity contribution >= 4 is 28.6 Å². The van der Waals surface area contributed by atoms with Crippen LogP contribution in [0.3, 0.4) is 0 Å². The lowest BCUT2D eigenvalue weighted by molar-refractivity contribution is 0.0951. The standard InChI is InChI=1S/C12H14N4OS/c1-7-11(18-6-16-7)5-15-12(17)8-2-9(13)4-10(14)3-8/h2-4,6H,5,13-14H2,1H3,(H,15,17). The van der Waals surface area contributed by atoms with Crippen LogP contribution in [0.4, 0.5) is 11.4 Å². The number of hydrogen-bond acceptors (Lipinski definition) is 5. The van der Waals surface area contributed by atoms with Gasteiger partial charge in [0, 0.05) is 21.8 Å². The van der Waals surface area contributed by atoms with E-state index in [1.807, 2.05) is 6.92 Å². The zero-order valence-corrected chi connectivity index (χ0v) is 10.8. The molecule has 94 valence electrons. The van der Waals surface area contributed by atoms with Gasteiger partial charge in [-0.05, 0) is 25.1 Å². The van der Waals surface area contributed by atoms with Crippen molar-refractivity contribution < 1.29 is 4.79 Å². The first-order valence-electron chi connectivity index (χ1n) is 5.39. The average Bonchev–Trinajstić information content (AvgIpc) is 2.70. The smallest absolute Gasteiger partial charge is 0.251 e. The largest absolute Gasteiger partial charge is 0.399 e. The number of thiazole rings is 1. The summed E-state index contributed by atoms with van der Waals surface area (Å²) in [6.45, 7) is 2.38. The number of nitrogens with one attached hydrogen (secondary N) is 1. The summed E-state index contributed by atoms with van der Waals surface area (Å²) in [5.74, 6) is -0.193. The minimum atomic E-state index is -0.193. The number of aryl methyl sites for hydroxylation is 1. The van der Waals surface area contributed by atoms with Crippen molar-refractivity contribution in [1.29, 1.82) is 0 Å². The maximum Gasteiger partial charge on any atom is 0.251 e. The summed E-state index contributed by atoms with van der Waals surface area (Å²) in [6.07, 6.45) is 0. The number of aromatic nitrogens is 1. The molecule has 5 N–H and O–H groups in total. The van der Waals surface area contributed by atoms with Gasteiger partial charge in [0.1, 0.15) is 0 Å². The summed E-state index contributed by atoms with van der Waals surface area (Å²) in [6, 6.07) is 4.82. The number of nitrogen functional groups attached to an aromatic ring is 2. The van der Waals surface area contributed by atoms with Gasteiger partial charge in [-0.1, -0.05) is 0 Å². The molecule has 0 saturated heterocycles. The molecule has 0 spiro atoms. The number of nitrogens with zero attached hydrogens (tertiary/aromatic N) is 1. The predicted octanol–water partition coefficient (Wildman–Crippen LogP) is 1.55. The molecule has 0 unspecified atom stereocenters. The molecule has 0 aliphatic carbocycles. The second kappa shape index (κ2) is 5.05. The van der Waals surface area contributed by atoms with Crippen molar-refractivity contribution in [1.82, 2.24) is 10.3 Å². The first-order chi connectivity index (χ1) is 8.56. The molecule has 1 amide bonds. The van der Waals surface area contributed by atoms with Gasteiger partial charge in [0.05, 0.1) is 17.7 Å². The van der Waals surface area contributed by atoms with E-state index in [1.165, 1.54) is 11.3 Å². The van der Waals surface area contributed by atoms with E-state index in [0.717, 1.165) is 10.6 Å². The number of carbonyl (C=O) groups is 1. The molecule has 0 atom stereocenters. The highest BCUT2D eigenvalue weighted by Crippen LogP contribution is 2.15. The van der Waals surface area contributed by atoms with E-state index in [2.05, 4.69) is 10.3 Å². The maximum absolute atomic E-state index is 11.9. The van der Waals surface area contributed by atoms with Crippen LogP contribution in [-0.2, 0) is 6.54 Å². The van der Waals surface area contributed by atoms with Crippen LogP contribution in [0.1, 0.15) is 20.9 Å². The van der Waals surface area contributed by atoms with E-state index < -0.39 is 0 Å². The predicted molar refractivity (Wildman–Crippen MR) is 73.3 cm³/mol. The summed E-state index contributed by atoms with van der Waals surface area (Å²) in [7, 11) is 0. The molecule has 1 heterocycles. The molecule has 2 rings (SSSR count). The van der Waals surface area contributed by atoms with E-state index in [1.54, 1.807) is 23.7 Å². The number of anilines is 2. The number of amides is 1. The second-order valence-corrected chi connectivity index (χ2v) is 4.87. The number of carbonyl (C=O) groups excluding carboxylic acids is 1. The Balaban J connectivity index is 2.06. The van der Waals surface area contributed by atoms with Gasteiger partial charge in [0.2, 0.25) is 0 Å². The third-order valence-corrected chi connectivity index (χ3v) is 3.43. The minimum absolute atomic E-state index is 0.193. The van der Waals surface area contributed by atoms with Crippen LogP contribution in [0.5, 0.6) is 0 Å². The van der Waals surface area contributed by atoms with Gasteiger partial charge < -0.3 is 16.8 Å². The molecule has 0 aliphatic heterocycles. The van der Waals surface area contributed by atoms with Gasteiger partial charge in [0.15, 0.2) is 0 Å². The third kappa shape index (κ3) is 2.78. The van der Waals surface area contributed by atoms with Gasteiger partial charge in [-0.25, -0.2) is 4.98 Å². The SMILES string of the molecule is Cc1ncsc1CNC(=O)c1cc(N)cc(N)c1. The van der Waals surface area contributed by atoms with Crippen LogP contribution in [0.15, 0.2) is 23.7 Å². The van der Waals surface area contributed by atoms with Gasteiger partial charge in [-0.3, -0.25) is 4.79 Å². The topological polar surface area (TPSA) is 94.0 Å². The van der Waals surface area contributed by atoms with E-state index in [-0.39, 0.29) is 5.91 Å². The van der Waals surface area contributed by atoms with Crippen LogP contribution in [0.25, 0.3) is 0 Å². The molecule has 6 heteroatoms. The third-order valence-electron chi connectivity index (χ3n) is 2.49. The van der Waals surface area contributed by atoms with E-state index in [0.29, 0.717) is 23.5 Å². The molecule has 1 aromatic carbocycles. The fraction of sp³-hybridized carbons (Fsp3) is 0.167. The molecule has 0 fully saturated rings. The Morgan fingerprint density at radius 1 is 1.33 bits per heavy atom. The van der Waals surface area contributed by atoms with Crippen LogP contribution in [-0.4, -0.2) is 10.9 Å². The Hall–Kier alpha value is -2.08. The normalized spacial score (nSPS) is 10.3. The molecule has 0 saturated carbocycles. The monoisotopic (exact) mass is 262 g/mol. The van der Waals surface area contributed by atoms with Crippen molar-refractivity contribution in [2.24, 2.45) is 0 Å². The van der Waals surface area contributed by atoms with E-state index >= 15 is 0 Å². The molecule has 1 aromatic heterocycles. The first-order valence-corrected chi connectivity index (χ1v) is 6.27. The highest BCUT2D eigenvalue weighted by atomic mass is 32.1. The Labute approximate surface area is 109 Å². The summed E-state index contributed by atoms with van der Waals surface area (Å²) in [5, 5.41) is 2.82. The van der Waals surface area contributed by atoms with Crippen LogP contribution in [0, 0.1) is 6.92 Å². The first kappa shape index (κ1) is 12.4. The Morgan fingerprint density at radius 3 is 2.56 bits per heavy atom. The molecular weight excluding hydrogens is 248 g/mol. The van der Waals surface area contributed by atoms with Crippen molar-refractivity contribution in [2.45, 2.75) is 13.5 Å². The quantitative estimate of drug-likeness (QED) is 0.731. The summed E-state index contributed by atoms with van der Waals surface area (Å²) in [5.41, 5.74) is 15.4. The molecule has 0 bridgehead atoms. The van der Waals surface area contributed by atoms with Crippen molar-refractivity contribution in [3.63, 3.8) is 0 Å². The van der Waals surface area contributed by atoms with Crippen molar-refractivity contribution in [3.8, 4) is 0 Å². The van der Waals surface area contributed by atoms with E-state index in [4.69, 9.17) is 11.5 Å². The molecule has 18 heavy (non-hydrogen) atoms. The number of rotatable bonds is 3. The highest BCUT2D eigenvalue weighted by molar-refractivity contribution is 7.09. The molecular formula is C12H14N4OS. The summed E-state index contributed by atoms with van der Waals surface area (Å²) < 4.78 is 0. The Morgan fingerprint density at radius 2 is 2.00 bits per heavy atom. The minimum Gasteiger partial charge on any atom is -0.399 e.